The summed E-state index contributed by atoms with van der Waals surface area (Å²) in [5, 5.41) is 7.27. The van der Waals surface area contributed by atoms with Crippen molar-refractivity contribution in [2.45, 2.75) is 26.3 Å². The van der Waals surface area contributed by atoms with Gasteiger partial charge in [-0.2, -0.15) is 5.10 Å². The van der Waals surface area contributed by atoms with Crippen LogP contribution in [0.3, 0.4) is 0 Å². The van der Waals surface area contributed by atoms with Gasteiger partial charge in [0.2, 0.25) is 0 Å². The molecule has 0 bridgehead atoms. The third kappa shape index (κ3) is 2.64. The number of halogens is 1. The number of thiophene rings is 1. The van der Waals surface area contributed by atoms with E-state index in [1.54, 1.807) is 11.3 Å². The van der Waals surface area contributed by atoms with Gasteiger partial charge in [0.25, 0.3) is 0 Å². The molecule has 104 valence electrons. The van der Waals surface area contributed by atoms with E-state index in [1.165, 1.54) is 0 Å². The average Bonchev–Trinajstić information content (AvgIpc) is 3.09. The molecule has 1 N–H and O–H groups in total. The van der Waals surface area contributed by atoms with Gasteiger partial charge in [0.05, 0.1) is 14.9 Å². The van der Waals surface area contributed by atoms with Crippen molar-refractivity contribution in [1.29, 1.82) is 0 Å². The molecular weight excluding hydrogens is 292 g/mol. The number of imidazole rings is 1. The van der Waals surface area contributed by atoms with Crippen molar-refractivity contribution in [2.24, 2.45) is 0 Å². The van der Waals surface area contributed by atoms with Crippen LogP contribution in [0.15, 0.2) is 30.6 Å². The normalized spacial score (nSPS) is 12.8. The second-order valence-corrected chi connectivity index (χ2v) is 6.57. The number of hydrogen-bond acceptors (Lipinski definition) is 3. The maximum absolute atomic E-state index is 6.01. The van der Waals surface area contributed by atoms with E-state index in [0.29, 0.717) is 0 Å². The average molecular weight is 307 g/mol. The smallest absolute Gasteiger partial charge is 0.150 e. The Balaban J connectivity index is 1.85. The fourth-order valence-corrected chi connectivity index (χ4v) is 3.32. The van der Waals surface area contributed by atoms with E-state index in [0.717, 1.165) is 32.8 Å². The minimum atomic E-state index is 0.288. The van der Waals surface area contributed by atoms with Crippen LogP contribution >= 0.6 is 22.9 Å². The van der Waals surface area contributed by atoms with Crippen LogP contribution in [0.5, 0.6) is 0 Å². The van der Waals surface area contributed by atoms with Gasteiger partial charge >= 0.3 is 0 Å². The minimum Gasteiger partial charge on any atom is -0.327 e. The zero-order chi connectivity index (χ0) is 14.1. The number of aromatic nitrogens is 4. The Kier molecular flexibility index (Phi) is 3.63. The van der Waals surface area contributed by atoms with Gasteiger partial charge in [-0.25, -0.2) is 4.98 Å². The van der Waals surface area contributed by atoms with Crippen molar-refractivity contribution in [3.05, 3.63) is 46.3 Å². The van der Waals surface area contributed by atoms with Crippen molar-refractivity contribution in [1.82, 2.24) is 19.7 Å². The number of aromatic amines is 1. The van der Waals surface area contributed by atoms with Crippen molar-refractivity contribution in [3.63, 3.8) is 0 Å². The van der Waals surface area contributed by atoms with Crippen LogP contribution in [-0.4, -0.2) is 19.7 Å². The molecule has 0 saturated heterocycles. The topological polar surface area (TPSA) is 46.5 Å². The van der Waals surface area contributed by atoms with Crippen molar-refractivity contribution in [2.75, 3.05) is 0 Å². The summed E-state index contributed by atoms with van der Waals surface area (Å²) in [6, 6.07) is 6.28. The quantitative estimate of drug-likeness (QED) is 0.789. The maximum Gasteiger partial charge on any atom is 0.150 e. The second-order valence-electron chi connectivity index (χ2n) is 4.86. The summed E-state index contributed by atoms with van der Waals surface area (Å²) >= 11 is 7.56. The summed E-state index contributed by atoms with van der Waals surface area (Å²) in [5.41, 5.74) is 2.15. The van der Waals surface area contributed by atoms with E-state index in [2.05, 4.69) is 32.7 Å². The molecule has 3 aromatic heterocycles. The van der Waals surface area contributed by atoms with E-state index in [4.69, 9.17) is 11.6 Å². The second kappa shape index (κ2) is 5.42. The summed E-state index contributed by atoms with van der Waals surface area (Å²) in [6.45, 7) is 4.18. The molecule has 6 heteroatoms. The molecule has 0 aliphatic rings. The Hall–Kier alpha value is -1.59. The summed E-state index contributed by atoms with van der Waals surface area (Å²) in [6.07, 6.45) is 4.70. The van der Waals surface area contributed by atoms with Gasteiger partial charge in [0.15, 0.2) is 0 Å². The lowest BCUT2D eigenvalue weighted by atomic mass is 10.1. The minimum absolute atomic E-state index is 0.288. The van der Waals surface area contributed by atoms with Gasteiger partial charge in [-0.3, -0.25) is 5.10 Å². The SMILES string of the molecule is Cc1cc(C[C@@H](C)n2ccnc2-c2ccc(Cl)s2)n[nH]1. The van der Waals surface area contributed by atoms with E-state index in [1.807, 2.05) is 31.5 Å². The van der Waals surface area contributed by atoms with Gasteiger partial charge in [-0.05, 0) is 32.0 Å². The Morgan fingerprint density at radius 1 is 1.45 bits per heavy atom. The zero-order valence-electron chi connectivity index (χ0n) is 11.3. The van der Waals surface area contributed by atoms with Crippen molar-refractivity contribution >= 4 is 22.9 Å². The van der Waals surface area contributed by atoms with Crippen LogP contribution in [0.25, 0.3) is 10.7 Å². The van der Waals surface area contributed by atoms with E-state index < -0.39 is 0 Å². The highest BCUT2D eigenvalue weighted by Crippen LogP contribution is 2.31. The molecule has 0 aliphatic carbocycles. The predicted octanol–water partition coefficient (Wildman–Crippen LogP) is 4.10. The van der Waals surface area contributed by atoms with Crippen molar-refractivity contribution < 1.29 is 0 Å². The Bertz CT molecular complexity index is 712. The monoisotopic (exact) mass is 306 g/mol. The fourth-order valence-electron chi connectivity index (χ4n) is 2.27. The van der Waals surface area contributed by atoms with Crippen LogP contribution in [0.1, 0.15) is 24.4 Å². The van der Waals surface area contributed by atoms with Crippen LogP contribution < -0.4 is 0 Å². The largest absolute Gasteiger partial charge is 0.327 e. The fraction of sp³-hybridized carbons (Fsp3) is 0.286. The first-order chi connectivity index (χ1) is 9.63. The molecule has 3 rings (SSSR count). The summed E-state index contributed by atoms with van der Waals surface area (Å²) in [5.74, 6) is 0.960. The third-order valence-electron chi connectivity index (χ3n) is 3.20. The van der Waals surface area contributed by atoms with Crippen LogP contribution in [0.4, 0.5) is 0 Å². The lowest BCUT2D eigenvalue weighted by Gasteiger charge is -2.14. The van der Waals surface area contributed by atoms with Gasteiger partial charge in [-0.1, -0.05) is 11.6 Å². The molecule has 0 radical (unpaired) electrons. The molecule has 0 aromatic carbocycles. The summed E-state index contributed by atoms with van der Waals surface area (Å²) < 4.78 is 2.96. The van der Waals surface area contributed by atoms with Crippen LogP contribution in [0.2, 0.25) is 4.34 Å². The molecule has 0 saturated carbocycles. The van der Waals surface area contributed by atoms with Gasteiger partial charge in [0, 0.05) is 30.6 Å². The third-order valence-corrected chi connectivity index (χ3v) is 4.43. The maximum atomic E-state index is 6.01. The standard InChI is InChI=1S/C14H15ClN4S/c1-9-7-11(18-17-9)8-10(2)19-6-5-16-14(19)12-3-4-13(15)20-12/h3-7,10H,8H2,1-2H3,(H,17,18)/t10-/m1/s1. The highest BCUT2D eigenvalue weighted by molar-refractivity contribution is 7.19. The first-order valence-electron chi connectivity index (χ1n) is 6.43. The summed E-state index contributed by atoms with van der Waals surface area (Å²) in [4.78, 5) is 5.54. The van der Waals surface area contributed by atoms with Crippen LogP contribution in [0, 0.1) is 6.92 Å². The number of hydrogen-bond donors (Lipinski definition) is 1. The highest BCUT2D eigenvalue weighted by Gasteiger charge is 2.14. The number of rotatable bonds is 4. The number of H-pyrrole nitrogens is 1. The molecule has 0 aliphatic heterocycles. The van der Waals surface area contributed by atoms with Gasteiger partial charge in [-0.15, -0.1) is 11.3 Å². The molecule has 0 spiro atoms. The molecule has 20 heavy (non-hydrogen) atoms. The lowest BCUT2D eigenvalue weighted by molar-refractivity contribution is 0.543. The number of nitrogens with zero attached hydrogens (tertiary/aromatic N) is 3. The van der Waals surface area contributed by atoms with Crippen molar-refractivity contribution in [3.8, 4) is 10.7 Å². The first kappa shape index (κ1) is 13.4. The van der Waals surface area contributed by atoms with Gasteiger partial charge < -0.3 is 4.57 Å². The lowest BCUT2D eigenvalue weighted by Crippen LogP contribution is -2.09. The molecular formula is C14H15ClN4S. The molecule has 1 atom stereocenters. The van der Waals surface area contributed by atoms with E-state index >= 15 is 0 Å². The zero-order valence-corrected chi connectivity index (χ0v) is 12.9. The number of aryl methyl sites for hydroxylation is 1. The molecule has 3 aromatic rings. The Labute approximate surface area is 126 Å². The molecule has 0 amide bonds. The molecule has 3 heterocycles. The summed E-state index contributed by atoms with van der Waals surface area (Å²) in [7, 11) is 0. The van der Waals surface area contributed by atoms with Gasteiger partial charge in [0.1, 0.15) is 5.82 Å². The molecule has 0 fully saturated rings. The van der Waals surface area contributed by atoms with E-state index in [-0.39, 0.29) is 6.04 Å². The molecule has 4 nitrogen and oxygen atoms in total. The number of nitrogens with one attached hydrogen (secondary N) is 1. The Morgan fingerprint density at radius 3 is 2.95 bits per heavy atom. The first-order valence-corrected chi connectivity index (χ1v) is 7.62. The highest BCUT2D eigenvalue weighted by atomic mass is 35.5. The predicted molar refractivity (Wildman–Crippen MR) is 82.3 cm³/mol. The van der Waals surface area contributed by atoms with Crippen LogP contribution in [-0.2, 0) is 6.42 Å². The van der Waals surface area contributed by atoms with E-state index in [9.17, 15) is 0 Å². The Morgan fingerprint density at radius 2 is 2.30 bits per heavy atom. The molecule has 0 unspecified atom stereocenters.